The summed E-state index contributed by atoms with van der Waals surface area (Å²) in [5, 5.41) is 0. The van der Waals surface area contributed by atoms with E-state index in [2.05, 4.69) is 0 Å². The molecule has 2 N–H and O–H groups in total. The second-order valence-electron chi connectivity index (χ2n) is 3.03. The SMILES string of the molecule is COc1ccc(OC)c(C(=O)CCN)c1. The van der Waals surface area contributed by atoms with Gasteiger partial charge in [0.05, 0.1) is 19.8 Å². The van der Waals surface area contributed by atoms with Crippen molar-refractivity contribution >= 4 is 5.78 Å². The van der Waals surface area contributed by atoms with Gasteiger partial charge in [-0.25, -0.2) is 0 Å². The second-order valence-corrected chi connectivity index (χ2v) is 3.03. The third kappa shape index (κ3) is 2.70. The number of benzene rings is 1. The lowest BCUT2D eigenvalue weighted by Gasteiger charge is -2.08. The van der Waals surface area contributed by atoms with Crippen molar-refractivity contribution in [3.05, 3.63) is 23.8 Å². The van der Waals surface area contributed by atoms with E-state index in [-0.39, 0.29) is 5.78 Å². The molecule has 0 amide bonds. The molecule has 15 heavy (non-hydrogen) atoms. The maximum absolute atomic E-state index is 11.7. The lowest BCUT2D eigenvalue weighted by molar-refractivity contribution is 0.0982. The lowest BCUT2D eigenvalue weighted by atomic mass is 10.1. The van der Waals surface area contributed by atoms with Crippen LogP contribution < -0.4 is 15.2 Å². The molecule has 0 spiro atoms. The van der Waals surface area contributed by atoms with Crippen molar-refractivity contribution in [2.75, 3.05) is 20.8 Å². The van der Waals surface area contributed by atoms with Crippen molar-refractivity contribution in [2.24, 2.45) is 5.73 Å². The Balaban J connectivity index is 3.05. The summed E-state index contributed by atoms with van der Waals surface area (Å²) in [6, 6.07) is 5.12. The zero-order valence-corrected chi connectivity index (χ0v) is 8.95. The molecule has 1 aromatic carbocycles. The van der Waals surface area contributed by atoms with Gasteiger partial charge in [0.15, 0.2) is 5.78 Å². The van der Waals surface area contributed by atoms with Crippen LogP contribution in [-0.4, -0.2) is 26.5 Å². The molecule has 0 atom stereocenters. The van der Waals surface area contributed by atoms with Crippen LogP contribution in [0.4, 0.5) is 0 Å². The first-order valence-electron chi connectivity index (χ1n) is 4.68. The lowest BCUT2D eigenvalue weighted by Crippen LogP contribution is -2.09. The first-order valence-corrected chi connectivity index (χ1v) is 4.68. The fraction of sp³-hybridized carbons (Fsp3) is 0.364. The summed E-state index contributed by atoms with van der Waals surface area (Å²) in [7, 11) is 3.08. The Labute approximate surface area is 89.0 Å². The van der Waals surface area contributed by atoms with Gasteiger partial charge in [-0.15, -0.1) is 0 Å². The third-order valence-corrected chi connectivity index (χ3v) is 2.08. The minimum absolute atomic E-state index is 0.0340. The van der Waals surface area contributed by atoms with Gasteiger partial charge >= 0.3 is 0 Å². The number of Topliss-reactive ketones (excluding diaryl/α,β-unsaturated/α-hetero) is 1. The topological polar surface area (TPSA) is 61.5 Å². The van der Waals surface area contributed by atoms with Gasteiger partial charge in [-0.05, 0) is 24.7 Å². The minimum atomic E-state index is -0.0340. The Kier molecular flexibility index (Phi) is 4.12. The molecular formula is C11H15NO3. The fourth-order valence-electron chi connectivity index (χ4n) is 1.30. The zero-order chi connectivity index (χ0) is 11.3. The van der Waals surface area contributed by atoms with Crippen molar-refractivity contribution in [3.8, 4) is 11.5 Å². The molecule has 4 heteroatoms. The van der Waals surface area contributed by atoms with Crippen molar-refractivity contribution in [1.29, 1.82) is 0 Å². The van der Waals surface area contributed by atoms with Gasteiger partial charge in [0, 0.05) is 6.42 Å². The maximum atomic E-state index is 11.7. The van der Waals surface area contributed by atoms with Gasteiger partial charge in [0.1, 0.15) is 11.5 Å². The van der Waals surface area contributed by atoms with Crippen LogP contribution in [0, 0.1) is 0 Å². The second kappa shape index (κ2) is 5.36. The van der Waals surface area contributed by atoms with Crippen LogP contribution in [0.25, 0.3) is 0 Å². The largest absolute Gasteiger partial charge is 0.497 e. The molecule has 4 nitrogen and oxygen atoms in total. The Morgan fingerprint density at radius 3 is 2.60 bits per heavy atom. The van der Waals surface area contributed by atoms with E-state index < -0.39 is 0 Å². The minimum Gasteiger partial charge on any atom is -0.497 e. The van der Waals surface area contributed by atoms with Crippen LogP contribution in [0.1, 0.15) is 16.8 Å². The molecule has 0 saturated heterocycles. The van der Waals surface area contributed by atoms with Gasteiger partial charge in [0.25, 0.3) is 0 Å². The summed E-state index contributed by atoms with van der Waals surface area (Å²) in [4.78, 5) is 11.7. The summed E-state index contributed by atoms with van der Waals surface area (Å²) in [6.07, 6.45) is 0.309. The number of ketones is 1. The Hall–Kier alpha value is -1.55. The highest BCUT2D eigenvalue weighted by Gasteiger charge is 2.12. The van der Waals surface area contributed by atoms with Gasteiger partial charge < -0.3 is 15.2 Å². The number of carbonyl (C=O) groups excluding carboxylic acids is 1. The number of carbonyl (C=O) groups is 1. The normalized spacial score (nSPS) is 9.80. The van der Waals surface area contributed by atoms with Crippen LogP contribution in [0.15, 0.2) is 18.2 Å². The average Bonchev–Trinajstić information content (AvgIpc) is 2.28. The van der Waals surface area contributed by atoms with Crippen LogP contribution in [0.3, 0.4) is 0 Å². The molecule has 1 aromatic rings. The number of hydrogen-bond donors (Lipinski definition) is 1. The van der Waals surface area contributed by atoms with Crippen molar-refractivity contribution in [3.63, 3.8) is 0 Å². The van der Waals surface area contributed by atoms with E-state index in [4.69, 9.17) is 15.2 Å². The molecule has 0 unspecified atom stereocenters. The van der Waals surface area contributed by atoms with Gasteiger partial charge in [0.2, 0.25) is 0 Å². The molecule has 1 rings (SSSR count). The average molecular weight is 209 g/mol. The number of methoxy groups -OCH3 is 2. The summed E-state index contributed by atoms with van der Waals surface area (Å²) < 4.78 is 10.1. The molecule has 82 valence electrons. The molecule has 0 heterocycles. The fourth-order valence-corrected chi connectivity index (χ4v) is 1.30. The number of rotatable bonds is 5. The molecule has 0 aliphatic rings. The van der Waals surface area contributed by atoms with E-state index in [9.17, 15) is 4.79 Å². The van der Waals surface area contributed by atoms with E-state index in [0.29, 0.717) is 30.0 Å². The standard InChI is InChI=1S/C11H15NO3/c1-14-8-3-4-11(15-2)9(7-8)10(13)5-6-12/h3-4,7H,5-6,12H2,1-2H3. The summed E-state index contributed by atoms with van der Waals surface area (Å²) in [6.45, 7) is 0.333. The molecule has 0 saturated carbocycles. The van der Waals surface area contributed by atoms with Crippen LogP contribution in [0.5, 0.6) is 11.5 Å². The van der Waals surface area contributed by atoms with Gasteiger partial charge in [-0.1, -0.05) is 0 Å². The first kappa shape index (κ1) is 11.5. The highest BCUT2D eigenvalue weighted by atomic mass is 16.5. The van der Waals surface area contributed by atoms with E-state index in [1.165, 1.54) is 7.11 Å². The smallest absolute Gasteiger partial charge is 0.167 e. The van der Waals surface area contributed by atoms with Crippen LogP contribution >= 0.6 is 0 Å². The highest BCUT2D eigenvalue weighted by Crippen LogP contribution is 2.24. The van der Waals surface area contributed by atoms with Crippen LogP contribution in [0.2, 0.25) is 0 Å². The van der Waals surface area contributed by atoms with Gasteiger partial charge in [-0.2, -0.15) is 0 Å². The zero-order valence-electron chi connectivity index (χ0n) is 8.95. The van der Waals surface area contributed by atoms with E-state index in [1.54, 1.807) is 25.3 Å². The van der Waals surface area contributed by atoms with Crippen LogP contribution in [-0.2, 0) is 0 Å². The van der Waals surface area contributed by atoms with E-state index >= 15 is 0 Å². The Bertz CT molecular complexity index is 350. The van der Waals surface area contributed by atoms with E-state index in [0.717, 1.165) is 0 Å². The highest BCUT2D eigenvalue weighted by molar-refractivity contribution is 5.99. The molecular weight excluding hydrogens is 194 g/mol. The van der Waals surface area contributed by atoms with Gasteiger partial charge in [-0.3, -0.25) is 4.79 Å². The molecule has 0 fully saturated rings. The number of ether oxygens (including phenoxy) is 2. The van der Waals surface area contributed by atoms with E-state index in [1.807, 2.05) is 0 Å². The Morgan fingerprint density at radius 1 is 1.33 bits per heavy atom. The summed E-state index contributed by atoms with van der Waals surface area (Å²) in [5.41, 5.74) is 5.85. The third-order valence-electron chi connectivity index (χ3n) is 2.08. The quantitative estimate of drug-likeness (QED) is 0.741. The maximum Gasteiger partial charge on any atom is 0.167 e. The van der Waals surface area contributed by atoms with Crippen molar-refractivity contribution in [1.82, 2.24) is 0 Å². The molecule has 0 aliphatic heterocycles. The predicted octanol–water partition coefficient (Wildman–Crippen LogP) is 1.24. The summed E-state index contributed by atoms with van der Waals surface area (Å²) in [5.74, 6) is 1.15. The first-order chi connectivity index (χ1) is 7.22. The molecule has 0 bridgehead atoms. The summed E-state index contributed by atoms with van der Waals surface area (Å²) >= 11 is 0. The monoisotopic (exact) mass is 209 g/mol. The van der Waals surface area contributed by atoms with Crippen molar-refractivity contribution in [2.45, 2.75) is 6.42 Å². The van der Waals surface area contributed by atoms with Crippen molar-refractivity contribution < 1.29 is 14.3 Å². The number of hydrogen-bond acceptors (Lipinski definition) is 4. The molecule has 0 aromatic heterocycles. The Morgan fingerprint density at radius 2 is 2.07 bits per heavy atom. The predicted molar refractivity (Wildman–Crippen MR) is 57.5 cm³/mol. The molecule has 0 radical (unpaired) electrons. The molecule has 0 aliphatic carbocycles. The number of nitrogens with two attached hydrogens (primary N) is 1.